The zero-order valence-corrected chi connectivity index (χ0v) is 16.3. The van der Waals surface area contributed by atoms with Gasteiger partial charge in [0.05, 0.1) is 0 Å². The molecule has 7 heteroatoms. The van der Waals surface area contributed by atoms with Crippen LogP contribution in [0.5, 0.6) is 5.75 Å². The van der Waals surface area contributed by atoms with E-state index in [1.54, 1.807) is 43.4 Å². The number of carbonyl (C=O) groups excluding carboxylic acids is 1. The van der Waals surface area contributed by atoms with E-state index in [9.17, 15) is 9.59 Å². The molecule has 0 N–H and O–H groups in total. The van der Waals surface area contributed by atoms with Gasteiger partial charge in [0.25, 0.3) is 5.91 Å². The summed E-state index contributed by atoms with van der Waals surface area (Å²) in [5.74, 6) is 0.231. The Labute approximate surface area is 166 Å². The highest BCUT2D eigenvalue weighted by atomic mass is 35.5. The van der Waals surface area contributed by atoms with Gasteiger partial charge in [-0.05, 0) is 42.3 Å². The summed E-state index contributed by atoms with van der Waals surface area (Å²) in [5.41, 5.74) is 1.61. The first kappa shape index (κ1) is 19.3. The van der Waals surface area contributed by atoms with Gasteiger partial charge < -0.3 is 14.1 Å². The quantitative estimate of drug-likeness (QED) is 0.588. The van der Waals surface area contributed by atoms with E-state index in [2.05, 4.69) is 0 Å². The lowest BCUT2D eigenvalue weighted by atomic mass is 10.1. The molecule has 1 aromatic heterocycles. The van der Waals surface area contributed by atoms with Gasteiger partial charge in [-0.25, -0.2) is 4.79 Å². The van der Waals surface area contributed by atoms with Crippen molar-refractivity contribution >= 4 is 40.1 Å². The van der Waals surface area contributed by atoms with Crippen LogP contribution in [-0.2, 0) is 11.3 Å². The molecule has 0 spiro atoms. The molecule has 1 heterocycles. The number of amides is 1. The van der Waals surface area contributed by atoms with Crippen LogP contribution in [0.2, 0.25) is 10.0 Å². The monoisotopic (exact) mass is 405 g/mol. The summed E-state index contributed by atoms with van der Waals surface area (Å²) >= 11 is 12.0. The van der Waals surface area contributed by atoms with E-state index in [4.69, 9.17) is 32.4 Å². The topological polar surface area (TPSA) is 59.8 Å². The summed E-state index contributed by atoms with van der Waals surface area (Å²) in [7, 11) is 1.67. The first-order valence-electron chi connectivity index (χ1n) is 8.18. The van der Waals surface area contributed by atoms with Crippen molar-refractivity contribution in [2.24, 2.45) is 0 Å². The van der Waals surface area contributed by atoms with E-state index >= 15 is 0 Å². The number of benzene rings is 2. The summed E-state index contributed by atoms with van der Waals surface area (Å²) in [6.45, 7) is 2.02. The zero-order valence-electron chi connectivity index (χ0n) is 14.8. The lowest BCUT2D eigenvalue weighted by Crippen LogP contribution is -2.31. The van der Waals surface area contributed by atoms with Gasteiger partial charge in [0.2, 0.25) is 0 Å². The maximum absolute atomic E-state index is 12.3. The molecule has 0 aliphatic carbocycles. The third-order valence-electron chi connectivity index (χ3n) is 4.13. The number of ether oxygens (including phenoxy) is 1. The van der Waals surface area contributed by atoms with Crippen molar-refractivity contribution in [2.75, 3.05) is 13.7 Å². The Morgan fingerprint density at radius 1 is 1.15 bits per heavy atom. The summed E-state index contributed by atoms with van der Waals surface area (Å²) < 4.78 is 10.7. The molecular weight excluding hydrogens is 389 g/mol. The molecule has 0 bridgehead atoms. The number of likely N-dealkylation sites (N-methyl/N-ethyl adjacent to an activating group) is 1. The predicted molar refractivity (Wildman–Crippen MR) is 106 cm³/mol. The maximum Gasteiger partial charge on any atom is 0.336 e. The van der Waals surface area contributed by atoms with Crippen LogP contribution < -0.4 is 10.4 Å². The van der Waals surface area contributed by atoms with Crippen molar-refractivity contribution in [1.82, 2.24) is 4.90 Å². The second-order valence-corrected chi connectivity index (χ2v) is 7.02. The van der Waals surface area contributed by atoms with E-state index < -0.39 is 5.63 Å². The Hall–Kier alpha value is -2.50. The minimum atomic E-state index is -0.423. The number of aryl methyl sites for hydroxylation is 1. The number of carbonyl (C=O) groups is 1. The second-order valence-electron chi connectivity index (χ2n) is 6.18. The molecule has 0 saturated heterocycles. The summed E-state index contributed by atoms with van der Waals surface area (Å²) in [5, 5.41) is 1.87. The molecule has 0 aliphatic rings. The van der Waals surface area contributed by atoms with Crippen LogP contribution in [0.3, 0.4) is 0 Å². The molecule has 0 fully saturated rings. The summed E-state index contributed by atoms with van der Waals surface area (Å²) in [6.07, 6.45) is 0. The molecule has 2 aromatic carbocycles. The average molecular weight is 406 g/mol. The van der Waals surface area contributed by atoms with Gasteiger partial charge in [0.1, 0.15) is 11.3 Å². The number of hydrogen-bond donors (Lipinski definition) is 0. The van der Waals surface area contributed by atoms with Crippen molar-refractivity contribution in [2.45, 2.75) is 13.5 Å². The van der Waals surface area contributed by atoms with Crippen LogP contribution in [0, 0.1) is 6.92 Å². The van der Waals surface area contributed by atoms with Gasteiger partial charge in [-0.2, -0.15) is 0 Å². The number of halogens is 2. The average Bonchev–Trinajstić information content (AvgIpc) is 2.61. The molecule has 3 rings (SSSR count). The van der Waals surface area contributed by atoms with E-state index in [0.717, 1.165) is 16.5 Å². The minimum Gasteiger partial charge on any atom is -0.484 e. The van der Waals surface area contributed by atoms with E-state index in [0.29, 0.717) is 27.9 Å². The third kappa shape index (κ3) is 4.62. The van der Waals surface area contributed by atoms with Crippen molar-refractivity contribution in [3.63, 3.8) is 0 Å². The summed E-state index contributed by atoms with van der Waals surface area (Å²) in [4.78, 5) is 25.3. The van der Waals surface area contributed by atoms with Gasteiger partial charge in [0, 0.05) is 41.2 Å². The van der Waals surface area contributed by atoms with Crippen LogP contribution in [-0.4, -0.2) is 24.5 Å². The fourth-order valence-corrected chi connectivity index (χ4v) is 3.11. The Bertz CT molecular complexity index is 1060. The predicted octanol–water partition coefficient (Wildman–Crippen LogP) is 4.45. The van der Waals surface area contributed by atoms with Gasteiger partial charge in [-0.3, -0.25) is 4.79 Å². The highest BCUT2D eigenvalue weighted by Crippen LogP contribution is 2.23. The Morgan fingerprint density at radius 2 is 1.93 bits per heavy atom. The molecule has 0 saturated carbocycles. The molecule has 0 unspecified atom stereocenters. The van der Waals surface area contributed by atoms with Crippen LogP contribution in [0.4, 0.5) is 0 Å². The van der Waals surface area contributed by atoms with E-state index in [1.165, 1.54) is 11.0 Å². The first-order chi connectivity index (χ1) is 12.8. The number of rotatable bonds is 5. The Balaban J connectivity index is 1.66. The van der Waals surface area contributed by atoms with Gasteiger partial charge >= 0.3 is 5.63 Å². The fraction of sp³-hybridized carbons (Fsp3) is 0.200. The van der Waals surface area contributed by atoms with Crippen LogP contribution in [0.15, 0.2) is 51.7 Å². The molecule has 0 aliphatic heterocycles. The van der Waals surface area contributed by atoms with Gasteiger partial charge in [-0.15, -0.1) is 0 Å². The van der Waals surface area contributed by atoms with Crippen LogP contribution >= 0.6 is 23.2 Å². The van der Waals surface area contributed by atoms with Crippen molar-refractivity contribution in [3.8, 4) is 5.75 Å². The molecular formula is C20H17Cl2NO4. The number of hydrogen-bond acceptors (Lipinski definition) is 4. The second kappa shape index (κ2) is 8.03. The molecule has 27 heavy (non-hydrogen) atoms. The molecule has 1 amide bonds. The van der Waals surface area contributed by atoms with Crippen molar-refractivity contribution in [1.29, 1.82) is 0 Å². The summed E-state index contributed by atoms with van der Waals surface area (Å²) in [6, 6.07) is 11.7. The van der Waals surface area contributed by atoms with E-state index in [1.807, 2.05) is 6.92 Å². The smallest absolute Gasteiger partial charge is 0.336 e. The molecule has 140 valence electrons. The third-order valence-corrected chi connectivity index (χ3v) is 4.72. The highest BCUT2D eigenvalue weighted by Gasteiger charge is 2.13. The molecule has 0 atom stereocenters. The normalized spacial score (nSPS) is 10.8. The van der Waals surface area contributed by atoms with Crippen molar-refractivity contribution < 1.29 is 13.9 Å². The SMILES string of the molecule is Cc1cc(=O)oc2cc(OCC(=O)N(C)Cc3ccc(Cl)cc3Cl)ccc12. The highest BCUT2D eigenvalue weighted by molar-refractivity contribution is 6.35. The zero-order chi connectivity index (χ0) is 19.6. The largest absolute Gasteiger partial charge is 0.484 e. The number of nitrogens with zero attached hydrogens (tertiary/aromatic N) is 1. The number of fused-ring (bicyclic) bond motifs is 1. The van der Waals surface area contributed by atoms with Gasteiger partial charge in [-0.1, -0.05) is 29.3 Å². The maximum atomic E-state index is 12.3. The standard InChI is InChI=1S/C20H17Cl2NO4/c1-12-7-20(25)27-18-9-15(5-6-16(12)18)26-11-19(24)23(2)10-13-3-4-14(21)8-17(13)22/h3-9H,10-11H2,1-2H3. The van der Waals surface area contributed by atoms with Crippen LogP contribution in [0.1, 0.15) is 11.1 Å². The van der Waals surface area contributed by atoms with Crippen LogP contribution in [0.25, 0.3) is 11.0 Å². The molecule has 5 nitrogen and oxygen atoms in total. The molecule has 3 aromatic rings. The Morgan fingerprint density at radius 3 is 2.67 bits per heavy atom. The minimum absolute atomic E-state index is 0.150. The van der Waals surface area contributed by atoms with Crippen molar-refractivity contribution in [3.05, 3.63) is 74.1 Å². The first-order valence-corrected chi connectivity index (χ1v) is 8.94. The lowest BCUT2D eigenvalue weighted by molar-refractivity contribution is -0.132. The van der Waals surface area contributed by atoms with E-state index in [-0.39, 0.29) is 12.5 Å². The molecule has 0 radical (unpaired) electrons. The Kier molecular flexibility index (Phi) is 5.73. The fourth-order valence-electron chi connectivity index (χ4n) is 2.64. The lowest BCUT2D eigenvalue weighted by Gasteiger charge is -2.18. The van der Waals surface area contributed by atoms with Gasteiger partial charge in [0.15, 0.2) is 6.61 Å².